The van der Waals surface area contributed by atoms with Crippen LogP contribution in [0.1, 0.15) is 18.4 Å². The Labute approximate surface area is 179 Å². The number of rotatable bonds is 7. The van der Waals surface area contributed by atoms with Gasteiger partial charge in [0.25, 0.3) is 5.91 Å². The molecule has 1 aliphatic carbocycles. The maximum atomic E-state index is 13.7. The molecule has 3 rings (SSSR count). The van der Waals surface area contributed by atoms with Crippen molar-refractivity contribution in [3.63, 3.8) is 0 Å². The monoisotopic (exact) mass is 468 g/mol. The van der Waals surface area contributed by atoms with Gasteiger partial charge in [0, 0.05) is 24.8 Å². The van der Waals surface area contributed by atoms with E-state index in [4.69, 9.17) is 10.5 Å². The van der Waals surface area contributed by atoms with Gasteiger partial charge in [0.05, 0.1) is 24.4 Å². The Hall–Kier alpha value is -2.38. The first-order valence-corrected chi connectivity index (χ1v) is 9.83. The molecule has 0 bridgehead atoms. The van der Waals surface area contributed by atoms with Gasteiger partial charge in [0.2, 0.25) is 5.91 Å². The third kappa shape index (κ3) is 5.90. The van der Waals surface area contributed by atoms with E-state index in [1.807, 2.05) is 0 Å². The summed E-state index contributed by atoms with van der Waals surface area (Å²) in [4.78, 5) is 26.6. The lowest BCUT2D eigenvalue weighted by molar-refractivity contribution is -0.154. The van der Waals surface area contributed by atoms with Crippen molar-refractivity contribution in [1.82, 2.24) is 4.90 Å². The highest BCUT2D eigenvalue weighted by molar-refractivity contribution is 5.98. The van der Waals surface area contributed by atoms with E-state index in [-0.39, 0.29) is 25.4 Å². The van der Waals surface area contributed by atoms with Gasteiger partial charge in [-0.2, -0.15) is 26.3 Å². The molecule has 1 heterocycles. The number of carbonyl (C=O) groups excluding carboxylic acids is 2. The van der Waals surface area contributed by atoms with E-state index in [0.717, 1.165) is 15.9 Å². The van der Waals surface area contributed by atoms with Crippen LogP contribution in [0.3, 0.4) is 0 Å². The second-order valence-corrected chi connectivity index (χ2v) is 7.59. The molecule has 1 aromatic carbocycles. The maximum Gasteiger partial charge on any atom is 0.418 e. The van der Waals surface area contributed by atoms with Gasteiger partial charge < -0.3 is 20.7 Å². The molecule has 13 heteroatoms. The minimum absolute atomic E-state index is 0.0318. The van der Waals surface area contributed by atoms with Gasteiger partial charge in [0.1, 0.15) is 12.6 Å². The molecule has 2 fully saturated rings. The van der Waals surface area contributed by atoms with E-state index in [2.05, 4.69) is 5.32 Å². The summed E-state index contributed by atoms with van der Waals surface area (Å²) < 4.78 is 84.9. The number of nitrogens with one attached hydrogen (secondary N) is 1. The first-order valence-electron chi connectivity index (χ1n) is 9.83. The molecular formula is C19H22F6N4O3. The predicted molar refractivity (Wildman–Crippen MR) is 102 cm³/mol. The number of nitrogens with zero attached hydrogens (tertiary/aromatic N) is 2. The molecule has 1 saturated heterocycles. The van der Waals surface area contributed by atoms with E-state index in [0.29, 0.717) is 18.9 Å². The fourth-order valence-corrected chi connectivity index (χ4v) is 3.55. The second-order valence-electron chi connectivity index (χ2n) is 7.59. The van der Waals surface area contributed by atoms with E-state index in [1.54, 1.807) is 0 Å². The lowest BCUT2D eigenvalue weighted by Crippen LogP contribution is -2.52. The zero-order valence-corrected chi connectivity index (χ0v) is 16.8. The Morgan fingerprint density at radius 3 is 2.47 bits per heavy atom. The van der Waals surface area contributed by atoms with Crippen LogP contribution >= 0.6 is 0 Å². The quantitative estimate of drug-likeness (QED) is 0.600. The Morgan fingerprint density at radius 2 is 1.94 bits per heavy atom. The first kappa shape index (κ1) is 24.3. The zero-order valence-electron chi connectivity index (χ0n) is 16.8. The number of hydrogen-bond acceptors (Lipinski definition) is 5. The summed E-state index contributed by atoms with van der Waals surface area (Å²) in [6.45, 7) is -1.95. The molecular weight excluding hydrogens is 446 g/mol. The van der Waals surface area contributed by atoms with Crippen LogP contribution in [-0.4, -0.2) is 67.8 Å². The number of nitrogens with two attached hydrogens (primary N) is 1. The first-order chi connectivity index (χ1) is 14.9. The van der Waals surface area contributed by atoms with Gasteiger partial charge in [-0.25, -0.2) is 0 Å². The number of carbonyl (C=O) groups is 2. The van der Waals surface area contributed by atoms with Crippen LogP contribution in [0.5, 0.6) is 0 Å². The molecule has 1 aliphatic heterocycles. The van der Waals surface area contributed by atoms with Gasteiger partial charge in [-0.3, -0.25) is 14.5 Å². The Kier molecular flexibility index (Phi) is 7.00. The van der Waals surface area contributed by atoms with Gasteiger partial charge in [0.15, 0.2) is 0 Å². The molecule has 1 atom stereocenters. The minimum atomic E-state index is -4.89. The van der Waals surface area contributed by atoms with Crippen molar-refractivity contribution in [2.45, 2.75) is 37.3 Å². The van der Waals surface area contributed by atoms with Crippen LogP contribution in [0.15, 0.2) is 18.2 Å². The summed E-state index contributed by atoms with van der Waals surface area (Å²) in [6, 6.07) is 0.945. The van der Waals surface area contributed by atoms with Gasteiger partial charge in [-0.15, -0.1) is 0 Å². The fourth-order valence-electron chi connectivity index (χ4n) is 3.55. The highest BCUT2D eigenvalue weighted by atomic mass is 19.4. The molecule has 0 spiro atoms. The van der Waals surface area contributed by atoms with E-state index < -0.39 is 60.6 Å². The normalized spacial score (nSPS) is 18.8. The largest absolute Gasteiger partial charge is 0.418 e. The molecule has 0 unspecified atom stereocenters. The molecule has 1 saturated carbocycles. The summed E-state index contributed by atoms with van der Waals surface area (Å²) in [5, 5.41) is 2.08. The molecule has 1 aromatic rings. The Morgan fingerprint density at radius 1 is 1.25 bits per heavy atom. The number of halogens is 6. The van der Waals surface area contributed by atoms with Gasteiger partial charge in [-0.1, -0.05) is 0 Å². The summed E-state index contributed by atoms with van der Waals surface area (Å²) in [6.07, 6.45) is -8.61. The fraction of sp³-hybridized carbons (Fsp3) is 0.579. The summed E-state index contributed by atoms with van der Waals surface area (Å²) >= 11 is 0. The van der Waals surface area contributed by atoms with Crippen LogP contribution in [0.2, 0.25) is 0 Å². The summed E-state index contributed by atoms with van der Waals surface area (Å²) in [7, 11) is 0. The molecule has 178 valence electrons. The van der Waals surface area contributed by atoms with E-state index in [9.17, 15) is 35.9 Å². The third-order valence-corrected chi connectivity index (χ3v) is 5.17. The minimum Gasteiger partial charge on any atom is -0.370 e. The smallest absolute Gasteiger partial charge is 0.370 e. The number of hydrogen-bond donors (Lipinski definition) is 2. The average molecular weight is 468 g/mol. The van der Waals surface area contributed by atoms with Crippen molar-refractivity contribution < 1.29 is 40.7 Å². The lowest BCUT2D eigenvalue weighted by Gasteiger charge is -2.31. The van der Waals surface area contributed by atoms with Crippen molar-refractivity contribution in [2.75, 3.05) is 43.1 Å². The molecule has 7 nitrogen and oxygen atoms in total. The third-order valence-electron chi connectivity index (χ3n) is 5.17. The van der Waals surface area contributed by atoms with Crippen molar-refractivity contribution in [3.05, 3.63) is 23.8 Å². The SMILES string of the molecule is NC[C@@H](C(=O)Nc1ccc(N2CCOCC2=O)cc1C(F)(F)F)N(CC(F)(F)F)C1CC1. The van der Waals surface area contributed by atoms with Crippen molar-refractivity contribution in [3.8, 4) is 0 Å². The zero-order chi connectivity index (χ0) is 23.7. The van der Waals surface area contributed by atoms with Crippen molar-refractivity contribution in [1.29, 1.82) is 0 Å². The van der Waals surface area contributed by atoms with Crippen LogP contribution in [0.25, 0.3) is 0 Å². The summed E-state index contributed by atoms with van der Waals surface area (Å²) in [5.41, 5.74) is 3.63. The average Bonchev–Trinajstić information content (AvgIpc) is 3.52. The van der Waals surface area contributed by atoms with E-state index >= 15 is 0 Å². The number of anilines is 2. The van der Waals surface area contributed by atoms with Crippen molar-refractivity contribution >= 4 is 23.2 Å². The molecule has 2 amide bonds. The predicted octanol–water partition coefficient (Wildman–Crippen LogP) is 2.36. The number of morpholine rings is 1. The number of benzene rings is 1. The second kappa shape index (κ2) is 9.24. The number of alkyl halides is 6. The topological polar surface area (TPSA) is 87.9 Å². The molecule has 0 aromatic heterocycles. The Bertz CT molecular complexity index is 856. The standard InChI is InChI=1S/C19H22F6N4O3/c20-18(21,22)10-29(11-1-2-11)15(8-26)17(31)27-14-4-3-12(7-13(14)19(23,24)25)28-5-6-32-9-16(28)30/h3-4,7,11,15H,1-2,5-6,8-10,26H2,(H,27,31)/t15-/m0/s1. The van der Waals surface area contributed by atoms with Crippen LogP contribution < -0.4 is 16.0 Å². The van der Waals surface area contributed by atoms with Crippen molar-refractivity contribution in [2.24, 2.45) is 5.73 Å². The number of amides is 2. The lowest BCUT2D eigenvalue weighted by atomic mass is 10.1. The molecule has 32 heavy (non-hydrogen) atoms. The van der Waals surface area contributed by atoms with E-state index in [1.165, 1.54) is 6.07 Å². The molecule has 2 aliphatic rings. The van der Waals surface area contributed by atoms with Crippen LogP contribution in [0, 0.1) is 0 Å². The Balaban J connectivity index is 1.86. The van der Waals surface area contributed by atoms with Crippen LogP contribution in [0.4, 0.5) is 37.7 Å². The van der Waals surface area contributed by atoms with Gasteiger partial charge in [-0.05, 0) is 31.0 Å². The number of ether oxygens (including phenoxy) is 1. The van der Waals surface area contributed by atoms with Crippen LogP contribution in [-0.2, 0) is 20.5 Å². The van der Waals surface area contributed by atoms with Gasteiger partial charge >= 0.3 is 12.4 Å². The molecule has 0 radical (unpaired) electrons. The maximum absolute atomic E-state index is 13.7. The molecule has 3 N–H and O–H groups in total. The summed E-state index contributed by atoms with van der Waals surface area (Å²) in [5.74, 6) is -1.58. The highest BCUT2D eigenvalue weighted by Crippen LogP contribution is 2.38. The highest BCUT2D eigenvalue weighted by Gasteiger charge is 2.44.